The Morgan fingerprint density at radius 3 is 2.41 bits per heavy atom. The minimum absolute atomic E-state index is 0.00611. The van der Waals surface area contributed by atoms with Gasteiger partial charge in [0, 0.05) is 35.4 Å². The molecule has 1 atom stereocenters. The highest BCUT2D eigenvalue weighted by molar-refractivity contribution is 9.10. The Balaban J connectivity index is 0.000000604. The maximum atomic E-state index is 12.6. The second-order valence-electron chi connectivity index (χ2n) is 8.08. The van der Waals surface area contributed by atoms with Crippen LogP contribution in [0.25, 0.3) is 0 Å². The zero-order valence-electron chi connectivity index (χ0n) is 18.9. The second-order valence-corrected chi connectivity index (χ2v) is 8.94. The fourth-order valence-electron chi connectivity index (χ4n) is 4.01. The number of hydrogen-bond donors (Lipinski definition) is 1. The van der Waals surface area contributed by atoms with E-state index in [2.05, 4.69) is 27.8 Å². The van der Waals surface area contributed by atoms with E-state index >= 15 is 0 Å². The van der Waals surface area contributed by atoms with E-state index in [1.807, 2.05) is 22.8 Å². The number of aromatic carboxylic acids is 1. The fourth-order valence-corrected chi connectivity index (χ4v) is 4.48. The first-order chi connectivity index (χ1) is 16.1. The summed E-state index contributed by atoms with van der Waals surface area (Å²) in [6, 6.07) is 10.9. The first-order valence-electron chi connectivity index (χ1n) is 11.0. The molecule has 3 rings (SSSR count). The molecule has 0 unspecified atom stereocenters. The third-order valence-corrected chi connectivity index (χ3v) is 6.39. The molecule has 0 spiro atoms. The lowest BCUT2D eigenvalue weighted by Gasteiger charge is -2.26. The first-order valence-corrected chi connectivity index (χ1v) is 11.8. The van der Waals surface area contributed by atoms with Crippen molar-refractivity contribution in [2.75, 3.05) is 6.54 Å². The number of carboxylic acid groups (broad SMARTS) is 1. The first kappa shape index (κ1) is 27.8. The van der Waals surface area contributed by atoms with Gasteiger partial charge >= 0.3 is 12.1 Å². The van der Waals surface area contributed by atoms with Crippen LogP contribution < -0.4 is 5.56 Å². The maximum absolute atomic E-state index is 12.6. The number of halogens is 4. The van der Waals surface area contributed by atoms with Gasteiger partial charge in [0.25, 0.3) is 5.56 Å². The minimum Gasteiger partial charge on any atom is -0.478 e. The van der Waals surface area contributed by atoms with Gasteiger partial charge in [-0.25, -0.2) is 4.79 Å². The zero-order valence-corrected chi connectivity index (χ0v) is 20.4. The Hall–Kier alpha value is -2.46. The van der Waals surface area contributed by atoms with Crippen LogP contribution in [0.15, 0.2) is 45.7 Å². The summed E-state index contributed by atoms with van der Waals surface area (Å²) in [6.07, 6.45) is -0.191. The number of alkyl halides is 3. The summed E-state index contributed by atoms with van der Waals surface area (Å²) in [5.41, 5.74) is 2.33. The van der Waals surface area contributed by atoms with Crippen LogP contribution in [-0.4, -0.2) is 45.6 Å². The van der Waals surface area contributed by atoms with E-state index in [4.69, 9.17) is 9.90 Å². The minimum atomic E-state index is -4.64. The topological polar surface area (TPSA) is 79.6 Å². The quantitative estimate of drug-likeness (QED) is 0.469. The Labute approximate surface area is 204 Å². The van der Waals surface area contributed by atoms with Crippen molar-refractivity contribution in [1.29, 1.82) is 0 Å². The number of carbonyl (C=O) groups is 2. The number of aldehydes is 1. The lowest BCUT2D eigenvalue weighted by Crippen LogP contribution is -2.33. The predicted octanol–water partition coefficient (Wildman–Crippen LogP) is 5.06. The van der Waals surface area contributed by atoms with Crippen LogP contribution in [-0.2, 0) is 24.3 Å². The largest absolute Gasteiger partial charge is 0.478 e. The van der Waals surface area contributed by atoms with E-state index in [-0.39, 0.29) is 11.1 Å². The molecule has 1 aromatic heterocycles. The van der Waals surface area contributed by atoms with Crippen LogP contribution in [0.4, 0.5) is 13.2 Å². The number of likely N-dealkylation sites (tertiary alicyclic amines) is 1. The summed E-state index contributed by atoms with van der Waals surface area (Å²) in [4.78, 5) is 34.8. The highest BCUT2D eigenvalue weighted by atomic mass is 79.9. The molecule has 186 valence electrons. The van der Waals surface area contributed by atoms with Crippen molar-refractivity contribution < 1.29 is 27.9 Å². The van der Waals surface area contributed by atoms with Crippen molar-refractivity contribution in [3.8, 4) is 0 Å². The standard InChI is InChI=1S/C22H27BrN2O3.C2HF3O/c1-2-4-18-5-3-13-24(18)15-20-19(23)10-11-21(26)25(20)14-12-16-6-8-17(9-7-16)22(27)28;3-2(4,5)1-6/h6-11,18H,2-5,12-15H2,1H3,(H,27,28);1H/t18-;/m0./s1. The lowest BCUT2D eigenvalue weighted by molar-refractivity contribution is -0.156. The molecule has 0 saturated carbocycles. The summed E-state index contributed by atoms with van der Waals surface area (Å²) < 4.78 is 34.1. The summed E-state index contributed by atoms with van der Waals surface area (Å²) >= 11 is 3.65. The van der Waals surface area contributed by atoms with Crippen molar-refractivity contribution in [1.82, 2.24) is 9.47 Å². The average molecular weight is 545 g/mol. The van der Waals surface area contributed by atoms with Crippen LogP contribution >= 0.6 is 15.9 Å². The van der Waals surface area contributed by atoms with Crippen LogP contribution in [0.5, 0.6) is 0 Å². The smallest absolute Gasteiger partial charge is 0.446 e. The number of aryl methyl sites for hydroxylation is 1. The van der Waals surface area contributed by atoms with Gasteiger partial charge in [-0.3, -0.25) is 14.5 Å². The molecule has 0 bridgehead atoms. The number of rotatable bonds is 8. The molecule has 1 fully saturated rings. The van der Waals surface area contributed by atoms with E-state index in [0.717, 1.165) is 28.8 Å². The molecule has 1 N–H and O–H groups in total. The van der Waals surface area contributed by atoms with E-state index in [1.54, 1.807) is 18.2 Å². The lowest BCUT2D eigenvalue weighted by atomic mass is 10.1. The molecule has 0 amide bonds. The number of carbonyl (C=O) groups excluding carboxylic acids is 1. The molecule has 0 aliphatic carbocycles. The number of carboxylic acids is 1. The van der Waals surface area contributed by atoms with Crippen molar-refractivity contribution in [3.05, 3.63) is 68.0 Å². The van der Waals surface area contributed by atoms with Crippen molar-refractivity contribution >= 4 is 28.2 Å². The summed E-state index contributed by atoms with van der Waals surface area (Å²) in [7, 11) is 0. The molecule has 34 heavy (non-hydrogen) atoms. The van der Waals surface area contributed by atoms with Crippen LogP contribution in [0, 0.1) is 0 Å². The molecule has 6 nitrogen and oxygen atoms in total. The number of nitrogens with zero attached hydrogens (tertiary/aromatic N) is 2. The van der Waals surface area contributed by atoms with Gasteiger partial charge in [-0.1, -0.05) is 25.5 Å². The van der Waals surface area contributed by atoms with Gasteiger partial charge in [0.15, 0.2) is 0 Å². The van der Waals surface area contributed by atoms with Gasteiger partial charge in [-0.05, 0) is 71.9 Å². The van der Waals surface area contributed by atoms with Gasteiger partial charge in [0.05, 0.1) is 5.56 Å². The van der Waals surface area contributed by atoms with Gasteiger partial charge in [-0.2, -0.15) is 13.2 Å². The van der Waals surface area contributed by atoms with Crippen molar-refractivity contribution in [2.24, 2.45) is 0 Å². The van der Waals surface area contributed by atoms with Crippen LogP contribution in [0.3, 0.4) is 0 Å². The molecule has 2 aromatic rings. The van der Waals surface area contributed by atoms with E-state index in [1.165, 1.54) is 25.7 Å². The molecule has 10 heteroatoms. The predicted molar refractivity (Wildman–Crippen MR) is 126 cm³/mol. The van der Waals surface area contributed by atoms with Crippen molar-refractivity contribution in [2.45, 2.75) is 64.3 Å². The normalized spacial score (nSPS) is 16.1. The summed E-state index contributed by atoms with van der Waals surface area (Å²) in [5, 5.41) is 9.03. The Morgan fingerprint density at radius 1 is 1.21 bits per heavy atom. The van der Waals surface area contributed by atoms with E-state index in [0.29, 0.717) is 19.0 Å². The number of aromatic nitrogens is 1. The third-order valence-electron chi connectivity index (χ3n) is 5.67. The Morgan fingerprint density at radius 2 is 1.85 bits per heavy atom. The molecule has 0 radical (unpaired) electrons. The SMILES string of the molecule is CCC[C@H]1CCCN1Cc1c(Br)ccc(=O)n1CCc1ccc(C(=O)O)cc1.O=CC(F)(F)F. The molecule has 1 saturated heterocycles. The van der Waals surface area contributed by atoms with Crippen LogP contribution in [0.1, 0.15) is 54.2 Å². The number of pyridine rings is 1. The molecule has 1 aliphatic heterocycles. The maximum Gasteiger partial charge on any atom is 0.446 e. The van der Waals surface area contributed by atoms with Gasteiger partial charge in [0.2, 0.25) is 6.29 Å². The Kier molecular flexibility index (Phi) is 10.5. The van der Waals surface area contributed by atoms with Crippen LogP contribution in [0.2, 0.25) is 0 Å². The van der Waals surface area contributed by atoms with Gasteiger partial charge < -0.3 is 9.67 Å². The fraction of sp³-hybridized carbons (Fsp3) is 0.458. The molecule has 1 aromatic carbocycles. The van der Waals surface area contributed by atoms with E-state index < -0.39 is 18.4 Å². The highest BCUT2D eigenvalue weighted by Gasteiger charge is 2.26. The molecule has 2 heterocycles. The van der Waals surface area contributed by atoms with Gasteiger partial charge in [0.1, 0.15) is 0 Å². The summed E-state index contributed by atoms with van der Waals surface area (Å²) in [6.45, 7) is 4.66. The Bertz CT molecular complexity index is 1020. The van der Waals surface area contributed by atoms with Crippen molar-refractivity contribution in [3.63, 3.8) is 0 Å². The average Bonchev–Trinajstić information content (AvgIpc) is 3.23. The number of benzene rings is 1. The summed E-state index contributed by atoms with van der Waals surface area (Å²) in [5.74, 6) is -0.927. The highest BCUT2D eigenvalue weighted by Crippen LogP contribution is 2.26. The second kappa shape index (κ2) is 12.9. The molecular weight excluding hydrogens is 517 g/mol. The zero-order chi connectivity index (χ0) is 25.3. The molecule has 1 aliphatic rings. The molecular formula is C24H28BrF3N2O4. The number of hydrogen-bond acceptors (Lipinski definition) is 4. The van der Waals surface area contributed by atoms with Gasteiger partial charge in [-0.15, -0.1) is 0 Å². The monoisotopic (exact) mass is 544 g/mol. The third kappa shape index (κ3) is 8.39. The van der Waals surface area contributed by atoms with E-state index in [9.17, 15) is 22.8 Å².